The van der Waals surface area contributed by atoms with Crippen LogP contribution in [0.15, 0.2) is 12.1 Å². The summed E-state index contributed by atoms with van der Waals surface area (Å²) in [5, 5.41) is 9.78. The Labute approximate surface area is 116 Å². The summed E-state index contributed by atoms with van der Waals surface area (Å²) in [6.45, 7) is 0. The lowest BCUT2D eigenvalue weighted by atomic mass is 9.69. The molecule has 0 aromatic heterocycles. The molecule has 0 unspecified atom stereocenters. The second-order valence-corrected chi connectivity index (χ2v) is 5.32. The second kappa shape index (κ2) is 5.37. The lowest BCUT2D eigenvalue weighted by Gasteiger charge is -2.34. The number of carbonyl (C=O) groups is 1. The second-order valence-electron chi connectivity index (χ2n) is 4.91. The van der Waals surface area contributed by atoms with Crippen LogP contribution in [0.3, 0.4) is 0 Å². The number of benzene rings is 1. The zero-order valence-corrected chi connectivity index (χ0v) is 11.5. The van der Waals surface area contributed by atoms with E-state index < -0.39 is 17.2 Å². The maximum atomic E-state index is 14.2. The highest BCUT2D eigenvalue weighted by Crippen LogP contribution is 2.43. The van der Waals surface area contributed by atoms with E-state index >= 15 is 0 Å². The van der Waals surface area contributed by atoms with E-state index in [4.69, 9.17) is 16.3 Å². The number of ether oxygens (including phenoxy) is 1. The molecule has 1 N–H and O–H groups in total. The molecule has 3 nitrogen and oxygen atoms in total. The van der Waals surface area contributed by atoms with Crippen LogP contribution in [0.2, 0.25) is 5.02 Å². The van der Waals surface area contributed by atoms with Gasteiger partial charge in [-0.2, -0.15) is 0 Å². The van der Waals surface area contributed by atoms with Crippen molar-refractivity contribution < 1.29 is 19.0 Å². The van der Waals surface area contributed by atoms with Gasteiger partial charge in [-0.3, -0.25) is 4.79 Å². The van der Waals surface area contributed by atoms with Crippen molar-refractivity contribution in [3.8, 4) is 5.75 Å². The molecule has 0 bridgehead atoms. The molecular formula is C14H16ClFO3. The van der Waals surface area contributed by atoms with Gasteiger partial charge in [0.05, 0.1) is 17.5 Å². The van der Waals surface area contributed by atoms with Gasteiger partial charge in [0.2, 0.25) is 0 Å². The van der Waals surface area contributed by atoms with Gasteiger partial charge in [0, 0.05) is 11.6 Å². The molecule has 0 saturated heterocycles. The number of methoxy groups -OCH3 is 1. The average molecular weight is 287 g/mol. The quantitative estimate of drug-likeness (QED) is 0.920. The Balaban J connectivity index is 2.54. The zero-order chi connectivity index (χ0) is 14.0. The molecule has 104 valence electrons. The minimum atomic E-state index is -1.15. The van der Waals surface area contributed by atoms with Gasteiger partial charge in [0.1, 0.15) is 11.6 Å². The maximum absolute atomic E-state index is 14.2. The van der Waals surface area contributed by atoms with E-state index in [1.54, 1.807) is 0 Å². The van der Waals surface area contributed by atoms with E-state index in [1.807, 2.05) is 0 Å². The van der Waals surface area contributed by atoms with Crippen LogP contribution in [-0.4, -0.2) is 18.2 Å². The third kappa shape index (κ3) is 2.41. The van der Waals surface area contributed by atoms with E-state index in [-0.39, 0.29) is 16.3 Å². The third-order valence-corrected chi connectivity index (χ3v) is 4.17. The first-order valence-corrected chi connectivity index (χ1v) is 6.66. The van der Waals surface area contributed by atoms with Crippen molar-refractivity contribution in [3.63, 3.8) is 0 Å². The highest BCUT2D eigenvalue weighted by molar-refractivity contribution is 6.32. The Kier molecular flexibility index (Phi) is 3.99. The molecule has 0 aliphatic heterocycles. The van der Waals surface area contributed by atoms with Gasteiger partial charge in [-0.1, -0.05) is 30.9 Å². The minimum Gasteiger partial charge on any atom is -0.495 e. The van der Waals surface area contributed by atoms with Crippen LogP contribution in [0.4, 0.5) is 4.39 Å². The van der Waals surface area contributed by atoms with Crippen LogP contribution in [0.25, 0.3) is 0 Å². The Morgan fingerprint density at radius 3 is 2.53 bits per heavy atom. The van der Waals surface area contributed by atoms with Gasteiger partial charge in [-0.15, -0.1) is 0 Å². The molecule has 0 atom stereocenters. The van der Waals surface area contributed by atoms with Crippen LogP contribution in [0, 0.1) is 5.82 Å². The number of hydrogen-bond acceptors (Lipinski definition) is 2. The first-order valence-electron chi connectivity index (χ1n) is 6.28. The Morgan fingerprint density at radius 2 is 2.00 bits per heavy atom. The largest absolute Gasteiger partial charge is 0.495 e. The Hall–Kier alpha value is -1.29. The molecule has 1 fully saturated rings. The molecule has 1 aliphatic carbocycles. The monoisotopic (exact) mass is 286 g/mol. The molecule has 2 rings (SSSR count). The fourth-order valence-corrected chi connectivity index (χ4v) is 3.05. The normalized spacial score (nSPS) is 18.1. The van der Waals surface area contributed by atoms with Crippen LogP contribution >= 0.6 is 11.6 Å². The van der Waals surface area contributed by atoms with Gasteiger partial charge in [-0.25, -0.2) is 4.39 Å². The number of hydrogen-bond donors (Lipinski definition) is 1. The Morgan fingerprint density at radius 1 is 1.37 bits per heavy atom. The molecule has 0 radical (unpaired) electrons. The average Bonchev–Trinajstić information content (AvgIpc) is 2.41. The standard InChI is InChI=1S/C14H16ClFO3/c1-19-12-8-11(16)9(7-10(12)15)14(13(17)18)5-3-2-4-6-14/h7-8H,2-6H2,1H3,(H,17,18). The summed E-state index contributed by atoms with van der Waals surface area (Å²) in [5.41, 5.74) is -0.983. The van der Waals surface area contributed by atoms with E-state index in [0.717, 1.165) is 25.3 Å². The van der Waals surface area contributed by atoms with Crippen molar-refractivity contribution in [2.24, 2.45) is 0 Å². The molecule has 1 aliphatic rings. The smallest absolute Gasteiger partial charge is 0.314 e. The number of halogens is 2. The summed E-state index contributed by atoms with van der Waals surface area (Å²) in [6.07, 6.45) is 3.45. The van der Waals surface area contributed by atoms with E-state index in [2.05, 4.69) is 0 Å². The van der Waals surface area contributed by atoms with Crippen LogP contribution < -0.4 is 4.74 Å². The third-order valence-electron chi connectivity index (χ3n) is 3.87. The topological polar surface area (TPSA) is 46.5 Å². The van der Waals surface area contributed by atoms with Crippen molar-refractivity contribution in [2.75, 3.05) is 7.11 Å². The summed E-state index contributed by atoms with van der Waals surface area (Å²) in [6, 6.07) is 2.56. The van der Waals surface area contributed by atoms with Crippen molar-refractivity contribution in [1.29, 1.82) is 0 Å². The molecule has 5 heteroatoms. The lowest BCUT2D eigenvalue weighted by molar-refractivity contribution is -0.145. The molecular weight excluding hydrogens is 271 g/mol. The fourth-order valence-electron chi connectivity index (χ4n) is 2.81. The molecule has 19 heavy (non-hydrogen) atoms. The van der Waals surface area contributed by atoms with Gasteiger partial charge >= 0.3 is 5.97 Å². The Bertz CT molecular complexity index is 496. The van der Waals surface area contributed by atoms with Crippen molar-refractivity contribution >= 4 is 17.6 Å². The summed E-state index contributed by atoms with van der Waals surface area (Å²) in [5.74, 6) is -1.32. The summed E-state index contributed by atoms with van der Waals surface area (Å²) >= 11 is 6.00. The predicted octanol–water partition coefficient (Wildman–Crippen LogP) is 3.77. The SMILES string of the molecule is COc1cc(F)c(C2(C(=O)O)CCCCC2)cc1Cl. The molecule has 0 spiro atoms. The van der Waals surface area contributed by atoms with Crippen LogP contribution in [0.5, 0.6) is 5.75 Å². The van der Waals surface area contributed by atoms with Gasteiger partial charge in [-0.05, 0) is 18.9 Å². The molecule has 0 heterocycles. The first-order chi connectivity index (χ1) is 9.01. The minimum absolute atomic E-state index is 0.172. The predicted molar refractivity (Wildman–Crippen MR) is 70.4 cm³/mol. The molecule has 1 aromatic rings. The zero-order valence-electron chi connectivity index (χ0n) is 10.7. The summed E-state index contributed by atoms with van der Waals surface area (Å²) < 4.78 is 19.1. The van der Waals surface area contributed by atoms with Gasteiger partial charge in [0.25, 0.3) is 0 Å². The summed E-state index contributed by atoms with van der Waals surface area (Å²) in [4.78, 5) is 11.7. The van der Waals surface area contributed by atoms with Crippen molar-refractivity contribution in [1.82, 2.24) is 0 Å². The first kappa shape index (κ1) is 14.1. The van der Waals surface area contributed by atoms with E-state index in [1.165, 1.54) is 13.2 Å². The number of rotatable bonds is 3. The number of carboxylic acids is 1. The van der Waals surface area contributed by atoms with Crippen molar-refractivity contribution in [3.05, 3.63) is 28.5 Å². The maximum Gasteiger partial charge on any atom is 0.314 e. The van der Waals surface area contributed by atoms with Crippen LogP contribution in [-0.2, 0) is 10.2 Å². The highest BCUT2D eigenvalue weighted by atomic mass is 35.5. The fraction of sp³-hybridized carbons (Fsp3) is 0.500. The van der Waals surface area contributed by atoms with Crippen molar-refractivity contribution in [2.45, 2.75) is 37.5 Å². The van der Waals surface area contributed by atoms with E-state index in [0.29, 0.717) is 12.8 Å². The lowest BCUT2D eigenvalue weighted by Crippen LogP contribution is -2.38. The van der Waals surface area contributed by atoms with E-state index in [9.17, 15) is 14.3 Å². The van der Waals surface area contributed by atoms with Crippen LogP contribution in [0.1, 0.15) is 37.7 Å². The molecule has 0 amide bonds. The number of carboxylic acid groups (broad SMARTS) is 1. The highest BCUT2D eigenvalue weighted by Gasteiger charge is 2.43. The molecule has 1 saturated carbocycles. The summed E-state index contributed by atoms with van der Waals surface area (Å²) in [7, 11) is 1.40. The number of aliphatic carboxylic acids is 1. The van der Waals surface area contributed by atoms with Gasteiger partial charge in [0.15, 0.2) is 0 Å². The molecule has 1 aromatic carbocycles. The van der Waals surface area contributed by atoms with Gasteiger partial charge < -0.3 is 9.84 Å².